The molecule has 0 bridgehead atoms. The highest BCUT2D eigenvalue weighted by molar-refractivity contribution is 5.01. The molecule has 0 spiro atoms. The lowest BCUT2D eigenvalue weighted by Crippen LogP contribution is -2.60. The number of nitrogens with two attached hydrogens (primary N) is 1. The quantitative estimate of drug-likeness (QED) is 0.730. The van der Waals surface area contributed by atoms with E-state index in [0.29, 0.717) is 6.61 Å². The summed E-state index contributed by atoms with van der Waals surface area (Å²) in [6.07, 6.45) is 5.10. The van der Waals surface area contributed by atoms with Gasteiger partial charge in [0.2, 0.25) is 0 Å². The Bertz CT molecular complexity index is 174. The summed E-state index contributed by atoms with van der Waals surface area (Å²) in [7, 11) is 1.74. The van der Waals surface area contributed by atoms with Crippen LogP contribution in [0.1, 0.15) is 39.5 Å². The van der Waals surface area contributed by atoms with E-state index in [2.05, 4.69) is 18.7 Å². The summed E-state index contributed by atoms with van der Waals surface area (Å²) in [4.78, 5) is 2.53. The summed E-state index contributed by atoms with van der Waals surface area (Å²) in [6, 6.07) is 0.157. The molecule has 0 heterocycles. The maximum atomic E-state index is 6.31. The maximum Gasteiger partial charge on any atom is 0.0631 e. The molecule has 0 aromatic carbocycles. The van der Waals surface area contributed by atoms with E-state index in [1.807, 2.05) is 0 Å². The summed E-state index contributed by atoms with van der Waals surface area (Å²) >= 11 is 0. The number of nitrogens with zero attached hydrogens (tertiary/aromatic N) is 1. The van der Waals surface area contributed by atoms with Crippen molar-refractivity contribution in [1.29, 1.82) is 0 Å². The zero-order valence-corrected chi connectivity index (χ0v) is 10.5. The average molecular weight is 214 g/mol. The molecular formula is C12H26N2O. The van der Waals surface area contributed by atoms with Gasteiger partial charge in [-0.15, -0.1) is 0 Å². The number of hydrogen-bond acceptors (Lipinski definition) is 3. The minimum atomic E-state index is 0.157. The van der Waals surface area contributed by atoms with Crippen molar-refractivity contribution in [3.05, 3.63) is 0 Å². The van der Waals surface area contributed by atoms with Gasteiger partial charge >= 0.3 is 0 Å². The lowest BCUT2D eigenvalue weighted by Gasteiger charge is -2.44. The number of hydrogen-bond donors (Lipinski definition) is 1. The standard InChI is InChI=1S/C12H26N2O/c1-4-14(5-2)12(8-6-7-9-12)11(13)10-15-3/h11H,4-10,13H2,1-3H3. The lowest BCUT2D eigenvalue weighted by molar-refractivity contribution is 0.0411. The molecule has 0 aromatic rings. The van der Waals surface area contributed by atoms with Gasteiger partial charge in [0, 0.05) is 18.7 Å². The molecule has 0 aromatic heterocycles. The lowest BCUT2D eigenvalue weighted by atomic mass is 9.87. The van der Waals surface area contributed by atoms with Gasteiger partial charge in [-0.3, -0.25) is 4.90 Å². The van der Waals surface area contributed by atoms with Crippen molar-refractivity contribution in [2.75, 3.05) is 26.8 Å². The molecule has 1 aliphatic carbocycles. The maximum absolute atomic E-state index is 6.31. The third kappa shape index (κ3) is 2.52. The van der Waals surface area contributed by atoms with Gasteiger partial charge < -0.3 is 10.5 Å². The summed E-state index contributed by atoms with van der Waals surface area (Å²) in [5.74, 6) is 0. The van der Waals surface area contributed by atoms with E-state index in [1.165, 1.54) is 25.7 Å². The molecule has 1 rings (SSSR count). The smallest absolute Gasteiger partial charge is 0.0631 e. The van der Waals surface area contributed by atoms with Gasteiger partial charge in [-0.25, -0.2) is 0 Å². The second kappa shape index (κ2) is 5.83. The van der Waals surface area contributed by atoms with E-state index in [0.717, 1.165) is 13.1 Å². The van der Waals surface area contributed by atoms with Gasteiger partial charge in [0.15, 0.2) is 0 Å². The molecule has 15 heavy (non-hydrogen) atoms. The highest BCUT2D eigenvalue weighted by Gasteiger charge is 2.43. The number of rotatable bonds is 6. The Morgan fingerprint density at radius 1 is 1.27 bits per heavy atom. The second-order valence-electron chi connectivity index (χ2n) is 4.54. The Morgan fingerprint density at radius 3 is 2.20 bits per heavy atom. The molecular weight excluding hydrogens is 188 g/mol. The average Bonchev–Trinajstić information content (AvgIpc) is 2.70. The third-order valence-corrected chi connectivity index (χ3v) is 3.90. The molecule has 1 saturated carbocycles. The molecule has 0 aliphatic heterocycles. The van der Waals surface area contributed by atoms with Crippen LogP contribution >= 0.6 is 0 Å². The van der Waals surface area contributed by atoms with Crippen LogP contribution in [0.25, 0.3) is 0 Å². The largest absolute Gasteiger partial charge is 0.383 e. The van der Waals surface area contributed by atoms with Gasteiger partial charge in [0.05, 0.1) is 6.61 Å². The highest BCUT2D eigenvalue weighted by Crippen LogP contribution is 2.37. The fourth-order valence-electron chi connectivity index (χ4n) is 3.10. The van der Waals surface area contributed by atoms with Crippen molar-refractivity contribution in [2.24, 2.45) is 5.73 Å². The van der Waals surface area contributed by atoms with E-state index in [1.54, 1.807) is 7.11 Å². The predicted octanol–water partition coefficient (Wildman–Crippen LogP) is 1.61. The molecule has 1 fully saturated rings. The monoisotopic (exact) mass is 214 g/mol. The van der Waals surface area contributed by atoms with Gasteiger partial charge in [0.1, 0.15) is 0 Å². The normalized spacial score (nSPS) is 22.2. The molecule has 90 valence electrons. The SMILES string of the molecule is CCN(CC)C1(C(N)COC)CCCC1. The Balaban J connectivity index is 2.76. The molecule has 0 amide bonds. The molecule has 3 nitrogen and oxygen atoms in total. The first-order chi connectivity index (χ1) is 7.21. The first kappa shape index (κ1) is 12.9. The fraction of sp³-hybridized carbons (Fsp3) is 1.00. The molecule has 1 unspecified atom stereocenters. The van der Waals surface area contributed by atoms with Gasteiger partial charge in [-0.05, 0) is 25.9 Å². The zero-order valence-electron chi connectivity index (χ0n) is 10.5. The summed E-state index contributed by atoms with van der Waals surface area (Å²) in [5.41, 5.74) is 6.52. The minimum absolute atomic E-state index is 0.157. The first-order valence-corrected chi connectivity index (χ1v) is 6.20. The van der Waals surface area contributed by atoms with Crippen molar-refractivity contribution >= 4 is 0 Å². The Morgan fingerprint density at radius 2 is 1.80 bits per heavy atom. The predicted molar refractivity (Wildman–Crippen MR) is 64.0 cm³/mol. The molecule has 2 N–H and O–H groups in total. The Kier molecular flexibility index (Phi) is 5.03. The molecule has 0 radical (unpaired) electrons. The third-order valence-electron chi connectivity index (χ3n) is 3.90. The minimum Gasteiger partial charge on any atom is -0.383 e. The van der Waals surface area contributed by atoms with Crippen molar-refractivity contribution in [3.8, 4) is 0 Å². The number of likely N-dealkylation sites (N-methyl/N-ethyl adjacent to an activating group) is 1. The van der Waals surface area contributed by atoms with Gasteiger partial charge in [0.25, 0.3) is 0 Å². The van der Waals surface area contributed by atoms with E-state index in [4.69, 9.17) is 10.5 Å². The number of ether oxygens (including phenoxy) is 1. The molecule has 0 saturated heterocycles. The van der Waals surface area contributed by atoms with Crippen LogP contribution in [-0.4, -0.2) is 43.3 Å². The van der Waals surface area contributed by atoms with Crippen LogP contribution in [0.4, 0.5) is 0 Å². The fourth-order valence-corrected chi connectivity index (χ4v) is 3.10. The van der Waals surface area contributed by atoms with Crippen LogP contribution in [0, 0.1) is 0 Å². The summed E-state index contributed by atoms with van der Waals surface area (Å²) in [6.45, 7) is 7.31. The second-order valence-corrected chi connectivity index (χ2v) is 4.54. The number of methoxy groups -OCH3 is 1. The van der Waals surface area contributed by atoms with Gasteiger partial charge in [-0.2, -0.15) is 0 Å². The zero-order chi connectivity index (χ0) is 11.3. The van der Waals surface area contributed by atoms with Crippen molar-refractivity contribution in [3.63, 3.8) is 0 Å². The van der Waals surface area contributed by atoms with Crippen LogP contribution in [0.3, 0.4) is 0 Å². The molecule has 1 atom stereocenters. The van der Waals surface area contributed by atoms with E-state index < -0.39 is 0 Å². The van der Waals surface area contributed by atoms with E-state index in [9.17, 15) is 0 Å². The first-order valence-electron chi connectivity index (χ1n) is 6.20. The topological polar surface area (TPSA) is 38.5 Å². The molecule has 1 aliphatic rings. The summed E-state index contributed by atoms with van der Waals surface area (Å²) in [5, 5.41) is 0. The van der Waals surface area contributed by atoms with Crippen LogP contribution < -0.4 is 5.73 Å². The van der Waals surface area contributed by atoms with Crippen molar-refractivity contribution < 1.29 is 4.74 Å². The van der Waals surface area contributed by atoms with Crippen molar-refractivity contribution in [1.82, 2.24) is 4.90 Å². The Hall–Kier alpha value is -0.120. The van der Waals surface area contributed by atoms with Crippen LogP contribution in [0.15, 0.2) is 0 Å². The summed E-state index contributed by atoms with van der Waals surface area (Å²) < 4.78 is 5.23. The van der Waals surface area contributed by atoms with Crippen LogP contribution in [-0.2, 0) is 4.74 Å². The highest BCUT2D eigenvalue weighted by atomic mass is 16.5. The van der Waals surface area contributed by atoms with E-state index >= 15 is 0 Å². The van der Waals surface area contributed by atoms with Gasteiger partial charge in [-0.1, -0.05) is 26.7 Å². The molecule has 3 heteroatoms. The van der Waals surface area contributed by atoms with Crippen molar-refractivity contribution in [2.45, 2.75) is 51.1 Å². The van der Waals surface area contributed by atoms with Crippen LogP contribution in [0.2, 0.25) is 0 Å². The van der Waals surface area contributed by atoms with E-state index in [-0.39, 0.29) is 11.6 Å². The Labute approximate surface area is 94.0 Å². The van der Waals surface area contributed by atoms with Crippen LogP contribution in [0.5, 0.6) is 0 Å².